The Morgan fingerprint density at radius 2 is 1.87 bits per heavy atom. The highest BCUT2D eigenvalue weighted by atomic mass is 35.5. The van der Waals surface area contributed by atoms with Gasteiger partial charge in [-0.05, 0) is 36.4 Å². The van der Waals surface area contributed by atoms with E-state index < -0.39 is 6.09 Å². The van der Waals surface area contributed by atoms with E-state index in [-0.39, 0.29) is 0 Å². The molecule has 1 N–H and O–H groups in total. The molecule has 2 rings (SSSR count). The number of methoxy groups -OCH3 is 2. The SMILES string of the molecule is COc1ccc(C=NOC(=O)Nc2ccc(Cl)cc2)c(OC)c1. The van der Waals surface area contributed by atoms with E-state index in [4.69, 9.17) is 25.9 Å². The molecule has 2 aromatic carbocycles. The van der Waals surface area contributed by atoms with Crippen LogP contribution in [0.1, 0.15) is 5.56 Å². The number of carbonyl (C=O) groups is 1. The predicted molar refractivity (Wildman–Crippen MR) is 88.7 cm³/mol. The van der Waals surface area contributed by atoms with Crippen LogP contribution >= 0.6 is 11.6 Å². The molecule has 0 atom stereocenters. The predicted octanol–water partition coefficient (Wildman–Crippen LogP) is 3.94. The van der Waals surface area contributed by atoms with Crippen molar-refractivity contribution in [2.75, 3.05) is 19.5 Å². The molecule has 0 aliphatic rings. The van der Waals surface area contributed by atoms with Crippen molar-refractivity contribution in [3.8, 4) is 11.5 Å². The van der Waals surface area contributed by atoms with Gasteiger partial charge in [0.2, 0.25) is 0 Å². The molecule has 120 valence electrons. The fourth-order valence-corrected chi connectivity index (χ4v) is 1.86. The molecule has 7 heteroatoms. The first-order chi connectivity index (χ1) is 11.1. The van der Waals surface area contributed by atoms with Crippen molar-refractivity contribution in [3.63, 3.8) is 0 Å². The normalized spacial score (nSPS) is 10.4. The summed E-state index contributed by atoms with van der Waals surface area (Å²) in [6.45, 7) is 0. The van der Waals surface area contributed by atoms with Gasteiger partial charge in [0.25, 0.3) is 0 Å². The van der Waals surface area contributed by atoms with Gasteiger partial charge in [-0.3, -0.25) is 10.2 Å². The van der Waals surface area contributed by atoms with E-state index in [0.717, 1.165) is 0 Å². The lowest BCUT2D eigenvalue weighted by molar-refractivity contribution is 0.167. The number of rotatable bonds is 5. The summed E-state index contributed by atoms with van der Waals surface area (Å²) in [5.41, 5.74) is 1.20. The molecule has 0 fully saturated rings. The minimum atomic E-state index is -0.712. The van der Waals surface area contributed by atoms with Crippen LogP contribution in [0.3, 0.4) is 0 Å². The highest BCUT2D eigenvalue weighted by molar-refractivity contribution is 6.30. The summed E-state index contributed by atoms with van der Waals surface area (Å²) in [5, 5.41) is 6.73. The number of anilines is 1. The molecule has 2 aromatic rings. The lowest BCUT2D eigenvalue weighted by atomic mass is 10.2. The Balaban J connectivity index is 1.95. The van der Waals surface area contributed by atoms with Gasteiger partial charge in [0, 0.05) is 22.3 Å². The largest absolute Gasteiger partial charge is 0.497 e. The molecule has 0 aliphatic heterocycles. The summed E-state index contributed by atoms with van der Waals surface area (Å²) < 4.78 is 10.3. The summed E-state index contributed by atoms with van der Waals surface area (Å²) in [7, 11) is 3.09. The van der Waals surface area contributed by atoms with Gasteiger partial charge in [0.15, 0.2) is 0 Å². The van der Waals surface area contributed by atoms with Crippen LogP contribution in [-0.4, -0.2) is 26.5 Å². The number of hydrogen-bond acceptors (Lipinski definition) is 5. The Morgan fingerprint density at radius 3 is 2.52 bits per heavy atom. The molecule has 23 heavy (non-hydrogen) atoms. The number of oxime groups is 1. The van der Waals surface area contributed by atoms with E-state index in [1.54, 1.807) is 49.6 Å². The molecule has 0 saturated heterocycles. The Hall–Kier alpha value is -2.73. The Bertz CT molecular complexity index is 702. The number of nitrogens with one attached hydrogen (secondary N) is 1. The number of halogens is 1. The van der Waals surface area contributed by atoms with Crippen LogP contribution in [0.25, 0.3) is 0 Å². The smallest absolute Gasteiger partial charge is 0.437 e. The minimum absolute atomic E-state index is 0.551. The number of amides is 1. The van der Waals surface area contributed by atoms with Crippen molar-refractivity contribution in [1.29, 1.82) is 0 Å². The fraction of sp³-hybridized carbons (Fsp3) is 0.125. The number of hydrogen-bond donors (Lipinski definition) is 1. The number of carbonyl (C=O) groups excluding carboxylic acids is 1. The Labute approximate surface area is 138 Å². The van der Waals surface area contributed by atoms with Gasteiger partial charge in [-0.1, -0.05) is 16.8 Å². The van der Waals surface area contributed by atoms with Crippen LogP contribution in [0.4, 0.5) is 10.5 Å². The van der Waals surface area contributed by atoms with Crippen molar-refractivity contribution in [1.82, 2.24) is 0 Å². The third-order valence-corrected chi connectivity index (χ3v) is 3.11. The lowest BCUT2D eigenvalue weighted by Crippen LogP contribution is -2.10. The second kappa shape index (κ2) is 8.05. The maximum atomic E-state index is 11.6. The molecular weight excluding hydrogens is 320 g/mol. The monoisotopic (exact) mass is 334 g/mol. The van der Waals surface area contributed by atoms with Crippen molar-refractivity contribution in [2.45, 2.75) is 0 Å². The maximum absolute atomic E-state index is 11.6. The highest BCUT2D eigenvalue weighted by Crippen LogP contribution is 2.23. The van der Waals surface area contributed by atoms with Gasteiger partial charge >= 0.3 is 6.09 Å². The topological polar surface area (TPSA) is 69.2 Å². The number of ether oxygens (including phenoxy) is 2. The summed E-state index contributed by atoms with van der Waals surface area (Å²) in [5.74, 6) is 1.20. The van der Waals surface area contributed by atoms with Crippen LogP contribution in [0.2, 0.25) is 5.02 Å². The van der Waals surface area contributed by atoms with Crippen molar-refractivity contribution < 1.29 is 19.1 Å². The van der Waals surface area contributed by atoms with Gasteiger partial charge in [-0.15, -0.1) is 0 Å². The zero-order valence-electron chi connectivity index (χ0n) is 12.6. The Morgan fingerprint density at radius 1 is 1.13 bits per heavy atom. The lowest BCUT2D eigenvalue weighted by Gasteiger charge is -2.06. The molecule has 0 unspecified atom stereocenters. The average molecular weight is 335 g/mol. The third kappa shape index (κ3) is 4.89. The summed E-state index contributed by atoms with van der Waals surface area (Å²) >= 11 is 5.76. The molecule has 1 amide bonds. The molecular formula is C16H15ClN2O4. The summed E-state index contributed by atoms with van der Waals surface area (Å²) in [6.07, 6.45) is 0.663. The van der Waals surface area contributed by atoms with Gasteiger partial charge in [0.1, 0.15) is 11.5 Å². The molecule has 0 radical (unpaired) electrons. The molecule has 0 heterocycles. The van der Waals surface area contributed by atoms with Crippen LogP contribution in [0.15, 0.2) is 47.6 Å². The first kappa shape index (κ1) is 16.6. The Kier molecular flexibility index (Phi) is 5.82. The number of benzene rings is 2. The second-order valence-corrected chi connectivity index (χ2v) is 4.79. The summed E-state index contributed by atoms with van der Waals surface area (Å²) in [4.78, 5) is 16.3. The van der Waals surface area contributed by atoms with E-state index in [1.807, 2.05) is 0 Å². The van der Waals surface area contributed by atoms with Gasteiger partial charge in [0.05, 0.1) is 20.4 Å². The zero-order chi connectivity index (χ0) is 16.7. The molecule has 6 nitrogen and oxygen atoms in total. The molecule has 0 saturated carbocycles. The molecule has 0 spiro atoms. The first-order valence-electron chi connectivity index (χ1n) is 6.61. The van der Waals surface area contributed by atoms with Crippen LogP contribution in [0, 0.1) is 0 Å². The quantitative estimate of drug-likeness (QED) is 0.511. The van der Waals surface area contributed by atoms with E-state index in [0.29, 0.717) is 27.8 Å². The van der Waals surface area contributed by atoms with Crippen molar-refractivity contribution in [2.24, 2.45) is 5.16 Å². The van der Waals surface area contributed by atoms with Crippen LogP contribution in [-0.2, 0) is 4.84 Å². The molecule has 0 aliphatic carbocycles. The van der Waals surface area contributed by atoms with Gasteiger partial charge in [-0.25, -0.2) is 4.79 Å². The summed E-state index contributed by atoms with van der Waals surface area (Å²) in [6, 6.07) is 11.8. The van der Waals surface area contributed by atoms with E-state index >= 15 is 0 Å². The van der Waals surface area contributed by atoms with E-state index in [9.17, 15) is 4.79 Å². The standard InChI is InChI=1S/C16H15ClN2O4/c1-21-14-8-3-11(15(9-14)22-2)10-18-23-16(20)19-13-6-4-12(17)5-7-13/h3-10H,1-2H3,(H,19,20). The van der Waals surface area contributed by atoms with E-state index in [2.05, 4.69) is 10.5 Å². The molecule has 0 aromatic heterocycles. The van der Waals surface area contributed by atoms with Crippen molar-refractivity contribution in [3.05, 3.63) is 53.1 Å². The van der Waals surface area contributed by atoms with Gasteiger partial charge < -0.3 is 9.47 Å². The number of nitrogens with zero attached hydrogens (tertiary/aromatic N) is 1. The van der Waals surface area contributed by atoms with Crippen LogP contribution < -0.4 is 14.8 Å². The highest BCUT2D eigenvalue weighted by Gasteiger charge is 2.05. The fourth-order valence-electron chi connectivity index (χ4n) is 1.73. The van der Waals surface area contributed by atoms with Gasteiger partial charge in [-0.2, -0.15) is 0 Å². The van der Waals surface area contributed by atoms with Crippen molar-refractivity contribution >= 4 is 29.6 Å². The third-order valence-electron chi connectivity index (χ3n) is 2.86. The maximum Gasteiger partial charge on any atom is 0.437 e. The molecule has 0 bridgehead atoms. The second-order valence-electron chi connectivity index (χ2n) is 4.35. The van der Waals surface area contributed by atoms with Crippen LogP contribution in [0.5, 0.6) is 11.5 Å². The van der Waals surface area contributed by atoms with E-state index in [1.165, 1.54) is 13.3 Å². The first-order valence-corrected chi connectivity index (χ1v) is 6.99. The minimum Gasteiger partial charge on any atom is -0.497 e. The zero-order valence-corrected chi connectivity index (χ0v) is 13.3. The average Bonchev–Trinajstić information content (AvgIpc) is 2.57.